The van der Waals surface area contributed by atoms with Crippen molar-refractivity contribution < 1.29 is 26.7 Å². The molecule has 0 spiro atoms. The topological polar surface area (TPSA) is 108 Å². The lowest BCUT2D eigenvalue weighted by molar-refractivity contribution is -0.117. The lowest BCUT2D eigenvalue weighted by Crippen LogP contribution is -2.14. The van der Waals surface area contributed by atoms with Gasteiger partial charge in [-0.3, -0.25) is 8.98 Å². The highest BCUT2D eigenvalue weighted by Gasteiger charge is 2.30. The summed E-state index contributed by atoms with van der Waals surface area (Å²) in [6.45, 7) is 5.35. The van der Waals surface area contributed by atoms with E-state index in [9.17, 15) is 13.2 Å². The van der Waals surface area contributed by atoms with Gasteiger partial charge in [0.25, 0.3) is 10.1 Å². The molecule has 0 radical (unpaired) electrons. The van der Waals surface area contributed by atoms with Gasteiger partial charge in [-0.05, 0) is 63.9 Å². The first-order valence-corrected chi connectivity index (χ1v) is 12.1. The predicted molar refractivity (Wildman–Crippen MR) is 123 cm³/mol. The van der Waals surface area contributed by atoms with Crippen LogP contribution in [0.15, 0.2) is 51.9 Å². The van der Waals surface area contributed by atoms with Gasteiger partial charge in [-0.2, -0.15) is 8.42 Å². The Morgan fingerprint density at radius 3 is 2.45 bits per heavy atom. The van der Waals surface area contributed by atoms with Crippen molar-refractivity contribution in [3.63, 3.8) is 0 Å². The van der Waals surface area contributed by atoms with Crippen molar-refractivity contribution in [1.82, 2.24) is 5.16 Å². The van der Waals surface area contributed by atoms with Gasteiger partial charge in [0.1, 0.15) is 24.7 Å². The largest absolute Gasteiger partial charge is 0.490 e. The third kappa shape index (κ3) is 5.43. The zero-order chi connectivity index (χ0) is 23.6. The molecule has 8 nitrogen and oxygen atoms in total. The van der Waals surface area contributed by atoms with Gasteiger partial charge >= 0.3 is 0 Å². The molecule has 0 saturated heterocycles. The molecule has 1 fully saturated rings. The first kappa shape index (κ1) is 23.0. The molecular weight excluding hydrogens is 444 g/mol. The Balaban J connectivity index is 1.48. The van der Waals surface area contributed by atoms with Crippen LogP contribution >= 0.6 is 0 Å². The van der Waals surface area contributed by atoms with Crippen molar-refractivity contribution >= 4 is 21.7 Å². The van der Waals surface area contributed by atoms with Crippen LogP contribution in [0.1, 0.15) is 29.9 Å². The summed E-state index contributed by atoms with van der Waals surface area (Å²) in [6, 6.07) is 11.7. The number of nitrogens with zero attached hydrogens (tertiary/aromatic N) is 1. The molecular formula is C24H26N2O6S. The molecule has 1 aliphatic carbocycles. The van der Waals surface area contributed by atoms with Crippen LogP contribution in [0.5, 0.6) is 5.75 Å². The average molecular weight is 471 g/mol. The number of amides is 1. The SMILES string of the molecule is Cc1ccc(S(=O)(=O)OCCOc2ccc(NC(=O)C3CC3)cc2-c2c(C)noc2C)cc1. The highest BCUT2D eigenvalue weighted by Crippen LogP contribution is 2.37. The van der Waals surface area contributed by atoms with Crippen molar-refractivity contribution in [2.24, 2.45) is 5.92 Å². The minimum atomic E-state index is -3.87. The number of nitrogens with one attached hydrogen (secondary N) is 1. The fourth-order valence-electron chi connectivity index (χ4n) is 3.45. The van der Waals surface area contributed by atoms with E-state index in [0.29, 0.717) is 28.5 Å². The number of benzene rings is 2. The third-order valence-electron chi connectivity index (χ3n) is 5.39. The number of ether oxygens (including phenoxy) is 1. The Hall–Kier alpha value is -3.17. The molecule has 1 heterocycles. The Morgan fingerprint density at radius 1 is 1.09 bits per heavy atom. The van der Waals surface area contributed by atoms with Crippen LogP contribution in [-0.4, -0.2) is 32.7 Å². The second-order valence-corrected chi connectivity index (χ2v) is 9.73. The number of aromatic nitrogens is 1. The second kappa shape index (κ2) is 9.36. The molecule has 1 saturated carbocycles. The lowest BCUT2D eigenvalue weighted by Gasteiger charge is -2.14. The monoisotopic (exact) mass is 470 g/mol. The summed E-state index contributed by atoms with van der Waals surface area (Å²) in [7, 11) is -3.87. The Kier molecular flexibility index (Phi) is 6.53. The minimum absolute atomic E-state index is 0.00286. The van der Waals surface area contributed by atoms with Gasteiger partial charge in [0.05, 0.1) is 16.2 Å². The highest BCUT2D eigenvalue weighted by molar-refractivity contribution is 7.86. The molecule has 33 heavy (non-hydrogen) atoms. The molecule has 3 aromatic rings. The van der Waals surface area contributed by atoms with Gasteiger partial charge in [-0.15, -0.1) is 0 Å². The summed E-state index contributed by atoms with van der Waals surface area (Å²) in [5.74, 6) is 1.20. The summed E-state index contributed by atoms with van der Waals surface area (Å²) >= 11 is 0. The van der Waals surface area contributed by atoms with E-state index < -0.39 is 10.1 Å². The van der Waals surface area contributed by atoms with E-state index >= 15 is 0 Å². The van der Waals surface area contributed by atoms with Crippen molar-refractivity contribution in [1.29, 1.82) is 0 Å². The van der Waals surface area contributed by atoms with Crippen LogP contribution in [0.4, 0.5) is 5.69 Å². The van der Waals surface area contributed by atoms with Crippen molar-refractivity contribution in [3.8, 4) is 16.9 Å². The van der Waals surface area contributed by atoms with E-state index in [1.165, 1.54) is 12.1 Å². The molecule has 0 aliphatic heterocycles. The molecule has 0 bridgehead atoms. The molecule has 1 aromatic heterocycles. The summed E-state index contributed by atoms with van der Waals surface area (Å²) in [4.78, 5) is 12.3. The van der Waals surface area contributed by atoms with Gasteiger partial charge in [-0.25, -0.2) is 0 Å². The van der Waals surface area contributed by atoms with E-state index in [1.54, 1.807) is 31.2 Å². The number of anilines is 1. The Morgan fingerprint density at radius 2 is 1.82 bits per heavy atom. The maximum atomic E-state index is 12.4. The maximum Gasteiger partial charge on any atom is 0.297 e. The molecule has 1 aliphatic rings. The van der Waals surface area contributed by atoms with E-state index in [2.05, 4.69) is 10.5 Å². The third-order valence-corrected chi connectivity index (χ3v) is 6.71. The smallest absolute Gasteiger partial charge is 0.297 e. The predicted octanol–water partition coefficient (Wildman–Crippen LogP) is 4.40. The number of rotatable bonds is 9. The van der Waals surface area contributed by atoms with Crippen LogP contribution in [0.2, 0.25) is 0 Å². The zero-order valence-corrected chi connectivity index (χ0v) is 19.6. The number of aryl methyl sites for hydroxylation is 3. The quantitative estimate of drug-likeness (QED) is 0.365. The van der Waals surface area contributed by atoms with Crippen molar-refractivity contribution in [2.45, 2.75) is 38.5 Å². The summed E-state index contributed by atoms with van der Waals surface area (Å²) in [5.41, 5.74) is 3.75. The van der Waals surface area contributed by atoms with Gasteiger partial charge in [0.2, 0.25) is 5.91 Å². The molecule has 0 unspecified atom stereocenters. The molecule has 174 valence electrons. The van der Waals surface area contributed by atoms with Crippen LogP contribution in [0, 0.1) is 26.7 Å². The molecule has 1 N–H and O–H groups in total. The Bertz CT molecular complexity index is 1240. The summed E-state index contributed by atoms with van der Waals surface area (Å²) in [6.07, 6.45) is 1.82. The van der Waals surface area contributed by atoms with E-state index in [-0.39, 0.29) is 29.9 Å². The summed E-state index contributed by atoms with van der Waals surface area (Å²) < 4.78 is 41.0. The second-order valence-electron chi connectivity index (χ2n) is 8.11. The first-order valence-electron chi connectivity index (χ1n) is 10.7. The molecule has 2 aromatic carbocycles. The van der Waals surface area contributed by atoms with Crippen LogP contribution in [-0.2, 0) is 19.1 Å². The van der Waals surface area contributed by atoms with Gasteiger partial charge < -0.3 is 14.6 Å². The Labute approximate surface area is 193 Å². The number of carbonyl (C=O) groups is 1. The van der Waals surface area contributed by atoms with Crippen LogP contribution < -0.4 is 10.1 Å². The number of hydrogen-bond donors (Lipinski definition) is 1. The zero-order valence-electron chi connectivity index (χ0n) is 18.8. The lowest BCUT2D eigenvalue weighted by atomic mass is 10.0. The maximum absolute atomic E-state index is 12.4. The van der Waals surface area contributed by atoms with E-state index in [4.69, 9.17) is 13.4 Å². The van der Waals surface area contributed by atoms with E-state index in [1.807, 2.05) is 19.9 Å². The van der Waals surface area contributed by atoms with Crippen molar-refractivity contribution in [3.05, 3.63) is 59.5 Å². The first-order chi connectivity index (χ1) is 15.7. The molecule has 9 heteroatoms. The van der Waals surface area contributed by atoms with Gasteiger partial charge in [-0.1, -0.05) is 22.9 Å². The van der Waals surface area contributed by atoms with Crippen molar-refractivity contribution in [2.75, 3.05) is 18.5 Å². The fraction of sp³-hybridized carbons (Fsp3) is 0.333. The fourth-order valence-corrected chi connectivity index (χ4v) is 4.35. The number of carbonyl (C=O) groups excluding carboxylic acids is 1. The van der Waals surface area contributed by atoms with Gasteiger partial charge in [0, 0.05) is 17.2 Å². The molecule has 1 amide bonds. The standard InChI is InChI=1S/C24H26N2O6S/c1-15-4-9-20(10-5-15)33(28,29)31-13-12-30-22-11-8-19(25-24(27)18-6-7-18)14-21(22)23-16(2)26-32-17(23)3/h4-5,8-11,14,18H,6-7,12-13H2,1-3H3,(H,25,27). The van der Waals surface area contributed by atoms with E-state index in [0.717, 1.165) is 24.0 Å². The average Bonchev–Trinajstić information content (AvgIpc) is 3.57. The van der Waals surface area contributed by atoms with Crippen LogP contribution in [0.3, 0.4) is 0 Å². The highest BCUT2D eigenvalue weighted by atomic mass is 32.2. The molecule has 0 atom stereocenters. The normalized spacial score (nSPS) is 13.7. The minimum Gasteiger partial charge on any atom is -0.490 e. The van der Waals surface area contributed by atoms with Crippen LogP contribution in [0.25, 0.3) is 11.1 Å². The molecule has 4 rings (SSSR count). The summed E-state index contributed by atoms with van der Waals surface area (Å²) in [5, 5.41) is 6.94. The van der Waals surface area contributed by atoms with Gasteiger partial charge in [0.15, 0.2) is 0 Å². The number of hydrogen-bond acceptors (Lipinski definition) is 7.